The van der Waals surface area contributed by atoms with E-state index in [0.29, 0.717) is 6.42 Å². The molecule has 3 heteroatoms. The number of hydrogen-bond donors (Lipinski definition) is 1. The van der Waals surface area contributed by atoms with Gasteiger partial charge in [-0.3, -0.25) is 4.79 Å². The number of nitrogens with zero attached hydrogens (tertiary/aromatic N) is 1. The summed E-state index contributed by atoms with van der Waals surface area (Å²) in [5.74, 6) is 0.0770. The molecule has 0 unspecified atom stereocenters. The summed E-state index contributed by atoms with van der Waals surface area (Å²) in [5.41, 5.74) is 1.91. The molecule has 0 fully saturated rings. The Morgan fingerprint density at radius 2 is 1.67 bits per heavy atom. The second kappa shape index (κ2) is 5.74. The fourth-order valence-electron chi connectivity index (χ4n) is 1.70. The molecule has 0 atom stereocenters. The minimum Gasteiger partial charge on any atom is -0.315 e. The third-order valence-electron chi connectivity index (χ3n) is 2.81. The van der Waals surface area contributed by atoms with Gasteiger partial charge in [-0.1, -0.05) is 30.3 Å². The van der Waals surface area contributed by atoms with Gasteiger partial charge in [-0.2, -0.15) is 0 Å². The SMILES string of the molecule is CN(C(=O)Cc1ccc(S)cc1)c1ccccc1. The highest BCUT2D eigenvalue weighted by molar-refractivity contribution is 7.80. The smallest absolute Gasteiger partial charge is 0.231 e. The quantitative estimate of drug-likeness (QED) is 0.837. The van der Waals surface area contributed by atoms with Gasteiger partial charge in [0.05, 0.1) is 6.42 Å². The van der Waals surface area contributed by atoms with Crippen LogP contribution < -0.4 is 4.90 Å². The predicted octanol–water partition coefficient (Wildman–Crippen LogP) is 3.18. The molecule has 0 saturated heterocycles. The van der Waals surface area contributed by atoms with Crippen LogP contribution in [0.1, 0.15) is 5.56 Å². The Bertz CT molecular complexity index is 522. The molecule has 0 aliphatic rings. The molecule has 0 saturated carbocycles. The van der Waals surface area contributed by atoms with E-state index in [1.165, 1.54) is 0 Å². The molecule has 0 aliphatic heterocycles. The molecule has 0 heterocycles. The zero-order valence-electron chi connectivity index (χ0n) is 10.2. The molecular weight excluding hydrogens is 242 g/mol. The van der Waals surface area contributed by atoms with Crippen molar-refractivity contribution in [2.75, 3.05) is 11.9 Å². The summed E-state index contributed by atoms with van der Waals surface area (Å²) in [6.07, 6.45) is 0.402. The molecule has 2 aromatic rings. The van der Waals surface area contributed by atoms with Crippen LogP contribution in [0.3, 0.4) is 0 Å². The third kappa shape index (κ3) is 3.14. The fraction of sp³-hybridized carbons (Fsp3) is 0.133. The number of amides is 1. The van der Waals surface area contributed by atoms with Gasteiger partial charge in [-0.05, 0) is 29.8 Å². The number of hydrogen-bond acceptors (Lipinski definition) is 2. The van der Waals surface area contributed by atoms with Crippen LogP contribution >= 0.6 is 12.6 Å². The van der Waals surface area contributed by atoms with Gasteiger partial charge >= 0.3 is 0 Å². The van der Waals surface area contributed by atoms with Gasteiger partial charge in [0.1, 0.15) is 0 Å². The summed E-state index contributed by atoms with van der Waals surface area (Å²) in [6, 6.07) is 17.3. The Labute approximate surface area is 113 Å². The molecule has 0 aromatic heterocycles. The van der Waals surface area contributed by atoms with Crippen LogP contribution in [-0.4, -0.2) is 13.0 Å². The number of rotatable bonds is 3. The van der Waals surface area contributed by atoms with Gasteiger partial charge in [0, 0.05) is 17.6 Å². The molecule has 18 heavy (non-hydrogen) atoms. The molecule has 0 bridgehead atoms. The zero-order valence-corrected chi connectivity index (χ0v) is 11.1. The summed E-state index contributed by atoms with van der Waals surface area (Å²) in [7, 11) is 1.80. The first-order valence-electron chi connectivity index (χ1n) is 5.76. The first-order valence-corrected chi connectivity index (χ1v) is 6.21. The highest BCUT2D eigenvalue weighted by atomic mass is 32.1. The van der Waals surface area contributed by atoms with Gasteiger partial charge in [0.2, 0.25) is 5.91 Å². The van der Waals surface area contributed by atoms with Crippen molar-refractivity contribution in [2.45, 2.75) is 11.3 Å². The average Bonchev–Trinajstić information content (AvgIpc) is 2.41. The Balaban J connectivity index is 2.06. The lowest BCUT2D eigenvalue weighted by Gasteiger charge is -2.17. The summed E-state index contributed by atoms with van der Waals surface area (Å²) in [5, 5.41) is 0. The van der Waals surface area contributed by atoms with Crippen molar-refractivity contribution < 1.29 is 4.79 Å². The topological polar surface area (TPSA) is 20.3 Å². The lowest BCUT2D eigenvalue weighted by Crippen LogP contribution is -2.27. The normalized spacial score (nSPS) is 10.1. The van der Waals surface area contributed by atoms with E-state index >= 15 is 0 Å². The maximum Gasteiger partial charge on any atom is 0.231 e. The number of carbonyl (C=O) groups excluding carboxylic acids is 1. The van der Waals surface area contributed by atoms with Crippen LogP contribution in [0.5, 0.6) is 0 Å². The average molecular weight is 257 g/mol. The summed E-state index contributed by atoms with van der Waals surface area (Å²) < 4.78 is 0. The number of benzene rings is 2. The molecular formula is C15H15NOS. The maximum atomic E-state index is 12.1. The lowest BCUT2D eigenvalue weighted by atomic mass is 10.1. The van der Waals surface area contributed by atoms with Crippen molar-refractivity contribution in [1.29, 1.82) is 0 Å². The molecule has 2 rings (SSSR count). The van der Waals surface area contributed by atoms with Crippen LogP contribution in [0.15, 0.2) is 59.5 Å². The third-order valence-corrected chi connectivity index (χ3v) is 3.11. The second-order valence-electron chi connectivity index (χ2n) is 4.13. The Kier molecular flexibility index (Phi) is 4.05. The molecule has 2 aromatic carbocycles. The van der Waals surface area contributed by atoms with E-state index in [1.54, 1.807) is 11.9 Å². The maximum absolute atomic E-state index is 12.1. The van der Waals surface area contributed by atoms with Crippen molar-refractivity contribution in [2.24, 2.45) is 0 Å². The van der Waals surface area contributed by atoms with Crippen LogP contribution in [0.4, 0.5) is 5.69 Å². The van der Waals surface area contributed by atoms with E-state index in [9.17, 15) is 4.79 Å². The van der Waals surface area contributed by atoms with Gasteiger partial charge in [-0.15, -0.1) is 12.6 Å². The molecule has 2 nitrogen and oxygen atoms in total. The molecule has 92 valence electrons. The molecule has 0 N–H and O–H groups in total. The van der Waals surface area contributed by atoms with Crippen LogP contribution in [0, 0.1) is 0 Å². The van der Waals surface area contributed by atoms with E-state index in [2.05, 4.69) is 12.6 Å². The number of carbonyl (C=O) groups is 1. The zero-order chi connectivity index (χ0) is 13.0. The highest BCUT2D eigenvalue weighted by Crippen LogP contribution is 2.14. The Hall–Kier alpha value is -1.74. The summed E-state index contributed by atoms with van der Waals surface area (Å²) >= 11 is 4.22. The van der Waals surface area contributed by atoms with E-state index in [4.69, 9.17) is 0 Å². The first-order chi connectivity index (χ1) is 8.66. The molecule has 0 spiro atoms. The first kappa shape index (κ1) is 12.7. The van der Waals surface area contributed by atoms with Crippen molar-refractivity contribution >= 4 is 24.2 Å². The highest BCUT2D eigenvalue weighted by Gasteiger charge is 2.10. The van der Waals surface area contributed by atoms with Crippen molar-refractivity contribution in [1.82, 2.24) is 0 Å². The summed E-state index contributed by atoms with van der Waals surface area (Å²) in [6.45, 7) is 0. The summed E-state index contributed by atoms with van der Waals surface area (Å²) in [4.78, 5) is 14.7. The minimum atomic E-state index is 0.0770. The van der Waals surface area contributed by atoms with Crippen molar-refractivity contribution in [3.8, 4) is 0 Å². The van der Waals surface area contributed by atoms with Crippen LogP contribution in [0.25, 0.3) is 0 Å². The second-order valence-corrected chi connectivity index (χ2v) is 4.65. The van der Waals surface area contributed by atoms with E-state index < -0.39 is 0 Å². The number of likely N-dealkylation sites (N-methyl/N-ethyl adjacent to an activating group) is 1. The van der Waals surface area contributed by atoms with E-state index in [0.717, 1.165) is 16.1 Å². The molecule has 0 aliphatic carbocycles. The minimum absolute atomic E-state index is 0.0770. The fourth-order valence-corrected chi connectivity index (χ4v) is 1.85. The Morgan fingerprint density at radius 1 is 1.06 bits per heavy atom. The van der Waals surface area contributed by atoms with Gasteiger partial charge in [0.15, 0.2) is 0 Å². The van der Waals surface area contributed by atoms with Crippen molar-refractivity contribution in [3.05, 3.63) is 60.2 Å². The molecule has 0 radical (unpaired) electrons. The number of anilines is 1. The predicted molar refractivity (Wildman–Crippen MR) is 77.3 cm³/mol. The standard InChI is InChI=1S/C15H15NOS/c1-16(13-5-3-2-4-6-13)15(17)11-12-7-9-14(18)10-8-12/h2-10,18H,11H2,1H3. The monoisotopic (exact) mass is 257 g/mol. The van der Waals surface area contributed by atoms with Crippen LogP contribution in [-0.2, 0) is 11.2 Å². The molecule has 1 amide bonds. The van der Waals surface area contributed by atoms with E-state index in [1.807, 2.05) is 54.6 Å². The van der Waals surface area contributed by atoms with E-state index in [-0.39, 0.29) is 5.91 Å². The number of para-hydroxylation sites is 1. The Morgan fingerprint density at radius 3 is 2.28 bits per heavy atom. The number of thiol groups is 1. The van der Waals surface area contributed by atoms with Gasteiger partial charge < -0.3 is 4.90 Å². The van der Waals surface area contributed by atoms with Gasteiger partial charge in [0.25, 0.3) is 0 Å². The van der Waals surface area contributed by atoms with Crippen LogP contribution in [0.2, 0.25) is 0 Å². The largest absolute Gasteiger partial charge is 0.315 e. The lowest BCUT2D eigenvalue weighted by molar-refractivity contribution is -0.117. The van der Waals surface area contributed by atoms with Gasteiger partial charge in [-0.25, -0.2) is 0 Å². The van der Waals surface area contributed by atoms with Crippen molar-refractivity contribution in [3.63, 3.8) is 0 Å².